The fourth-order valence-corrected chi connectivity index (χ4v) is 4.84. The summed E-state index contributed by atoms with van der Waals surface area (Å²) in [6.07, 6.45) is 2.73. The highest BCUT2D eigenvalue weighted by Crippen LogP contribution is 2.38. The Morgan fingerprint density at radius 3 is 2.36 bits per heavy atom. The summed E-state index contributed by atoms with van der Waals surface area (Å²) in [5, 5.41) is 6.04. The molecule has 3 aromatic rings. The van der Waals surface area contributed by atoms with Gasteiger partial charge in [0.15, 0.2) is 0 Å². The van der Waals surface area contributed by atoms with E-state index < -0.39 is 0 Å². The SMILES string of the molecule is C=CC(=O)Nc1cc(Nc2nccc(C(=O)c3ccc(N4CCN(C)CC4)cc3OC)n2)c(OC)cc1N(C)CCN(C)C. The number of hydrogen-bond acceptors (Lipinski definition) is 11. The van der Waals surface area contributed by atoms with E-state index in [2.05, 4.69) is 48.9 Å². The number of ketones is 1. The van der Waals surface area contributed by atoms with Gasteiger partial charge in [-0.2, -0.15) is 0 Å². The van der Waals surface area contributed by atoms with Crippen molar-refractivity contribution < 1.29 is 19.1 Å². The number of amides is 1. The maximum absolute atomic E-state index is 13.6. The molecule has 0 atom stereocenters. The number of benzene rings is 2. The minimum absolute atomic E-state index is 0.192. The summed E-state index contributed by atoms with van der Waals surface area (Å²) in [6, 6.07) is 10.8. The monoisotopic (exact) mass is 602 g/mol. The molecule has 4 rings (SSSR count). The van der Waals surface area contributed by atoms with Crippen LogP contribution in [0.1, 0.15) is 16.1 Å². The zero-order valence-corrected chi connectivity index (χ0v) is 26.4. The predicted octanol–water partition coefficient (Wildman–Crippen LogP) is 3.34. The lowest BCUT2D eigenvalue weighted by molar-refractivity contribution is -0.111. The van der Waals surface area contributed by atoms with Gasteiger partial charge in [0.2, 0.25) is 17.6 Å². The van der Waals surface area contributed by atoms with Crippen LogP contribution in [0.15, 0.2) is 55.3 Å². The zero-order valence-electron chi connectivity index (χ0n) is 26.4. The van der Waals surface area contributed by atoms with Gasteiger partial charge in [0, 0.05) is 70.3 Å². The molecule has 0 saturated carbocycles. The van der Waals surface area contributed by atoms with E-state index in [0.29, 0.717) is 35.0 Å². The van der Waals surface area contributed by atoms with Gasteiger partial charge in [0.05, 0.1) is 36.8 Å². The van der Waals surface area contributed by atoms with Gasteiger partial charge in [-0.25, -0.2) is 9.97 Å². The molecule has 1 aliphatic rings. The number of nitrogens with one attached hydrogen (secondary N) is 2. The number of ether oxygens (including phenoxy) is 2. The Hall–Kier alpha value is -4.68. The van der Waals surface area contributed by atoms with Crippen LogP contribution in [0.25, 0.3) is 0 Å². The third kappa shape index (κ3) is 7.82. The van der Waals surface area contributed by atoms with Crippen LogP contribution in [0.4, 0.5) is 28.7 Å². The van der Waals surface area contributed by atoms with E-state index in [9.17, 15) is 9.59 Å². The Balaban J connectivity index is 1.61. The molecule has 1 fully saturated rings. The number of likely N-dealkylation sites (N-methyl/N-ethyl adjacent to an activating group) is 3. The first kappa shape index (κ1) is 32.2. The average Bonchev–Trinajstić information content (AvgIpc) is 3.03. The van der Waals surface area contributed by atoms with Crippen LogP contribution in [-0.2, 0) is 4.79 Å². The molecule has 0 radical (unpaired) electrons. The summed E-state index contributed by atoms with van der Waals surface area (Å²) in [4.78, 5) is 43.4. The van der Waals surface area contributed by atoms with Crippen LogP contribution in [0, 0.1) is 0 Å². The third-order valence-electron chi connectivity index (χ3n) is 7.49. The lowest BCUT2D eigenvalue weighted by Gasteiger charge is -2.34. The fraction of sp³-hybridized carbons (Fsp3) is 0.375. The Bertz CT molecular complexity index is 1490. The van der Waals surface area contributed by atoms with Crippen LogP contribution >= 0.6 is 0 Å². The van der Waals surface area contributed by atoms with E-state index >= 15 is 0 Å². The molecule has 2 heterocycles. The molecule has 0 unspecified atom stereocenters. The highest BCUT2D eigenvalue weighted by molar-refractivity contribution is 6.10. The molecular weight excluding hydrogens is 560 g/mol. The Morgan fingerprint density at radius 1 is 0.977 bits per heavy atom. The van der Waals surface area contributed by atoms with Crippen molar-refractivity contribution in [2.45, 2.75) is 0 Å². The highest BCUT2D eigenvalue weighted by Gasteiger charge is 2.21. The summed E-state index contributed by atoms with van der Waals surface area (Å²) in [5.41, 5.74) is 3.45. The van der Waals surface area contributed by atoms with E-state index in [-0.39, 0.29) is 23.3 Å². The summed E-state index contributed by atoms with van der Waals surface area (Å²) in [5.74, 6) is 0.547. The van der Waals surface area contributed by atoms with Gasteiger partial charge >= 0.3 is 0 Å². The van der Waals surface area contributed by atoms with Crippen LogP contribution in [0.2, 0.25) is 0 Å². The molecular formula is C32H42N8O4. The molecule has 12 heteroatoms. The summed E-state index contributed by atoms with van der Waals surface area (Å²) >= 11 is 0. The highest BCUT2D eigenvalue weighted by atomic mass is 16.5. The van der Waals surface area contributed by atoms with Crippen molar-refractivity contribution in [3.05, 3.63) is 66.5 Å². The van der Waals surface area contributed by atoms with Gasteiger partial charge in [-0.05, 0) is 51.5 Å². The van der Waals surface area contributed by atoms with Gasteiger partial charge in [0.1, 0.15) is 17.2 Å². The second kappa shape index (κ2) is 14.7. The molecule has 0 bridgehead atoms. The number of nitrogens with zero attached hydrogens (tertiary/aromatic N) is 6. The quantitative estimate of drug-likeness (QED) is 0.222. The predicted molar refractivity (Wildman–Crippen MR) is 175 cm³/mol. The lowest BCUT2D eigenvalue weighted by Crippen LogP contribution is -2.44. The third-order valence-corrected chi connectivity index (χ3v) is 7.49. The van der Waals surface area contributed by atoms with Crippen molar-refractivity contribution in [3.63, 3.8) is 0 Å². The summed E-state index contributed by atoms with van der Waals surface area (Å²) < 4.78 is 11.3. The second-order valence-corrected chi connectivity index (χ2v) is 10.9. The minimum Gasteiger partial charge on any atom is -0.496 e. The molecule has 44 heavy (non-hydrogen) atoms. The normalized spacial score (nSPS) is 13.4. The maximum atomic E-state index is 13.6. The number of aromatic nitrogens is 2. The smallest absolute Gasteiger partial charge is 0.247 e. The van der Waals surface area contributed by atoms with E-state index in [1.807, 2.05) is 44.2 Å². The van der Waals surface area contributed by atoms with E-state index in [0.717, 1.165) is 44.1 Å². The molecule has 1 aromatic heterocycles. The number of piperazine rings is 1. The van der Waals surface area contributed by atoms with Gasteiger partial charge in [-0.1, -0.05) is 6.58 Å². The van der Waals surface area contributed by atoms with E-state index in [4.69, 9.17) is 9.47 Å². The lowest BCUT2D eigenvalue weighted by atomic mass is 10.1. The van der Waals surface area contributed by atoms with Gasteiger partial charge < -0.3 is 39.7 Å². The van der Waals surface area contributed by atoms with Crippen molar-refractivity contribution in [2.24, 2.45) is 0 Å². The van der Waals surface area contributed by atoms with Crippen LogP contribution in [0.5, 0.6) is 11.5 Å². The van der Waals surface area contributed by atoms with Gasteiger partial charge in [0.25, 0.3) is 0 Å². The molecule has 1 aliphatic heterocycles. The fourth-order valence-electron chi connectivity index (χ4n) is 4.84. The number of methoxy groups -OCH3 is 2. The molecule has 2 N–H and O–H groups in total. The largest absolute Gasteiger partial charge is 0.496 e. The van der Waals surface area contributed by atoms with Crippen LogP contribution in [0.3, 0.4) is 0 Å². The van der Waals surface area contributed by atoms with Crippen LogP contribution < -0.4 is 29.9 Å². The number of carbonyl (C=O) groups is 2. The molecule has 0 aliphatic carbocycles. The average molecular weight is 603 g/mol. The van der Waals surface area contributed by atoms with Crippen molar-refractivity contribution in [1.82, 2.24) is 19.8 Å². The summed E-state index contributed by atoms with van der Waals surface area (Å²) in [7, 11) is 11.2. The molecule has 2 aromatic carbocycles. The van der Waals surface area contributed by atoms with Crippen molar-refractivity contribution in [2.75, 3.05) is 102 Å². The van der Waals surface area contributed by atoms with Crippen LogP contribution in [-0.4, -0.2) is 113 Å². The van der Waals surface area contributed by atoms with Crippen molar-refractivity contribution >= 4 is 40.4 Å². The molecule has 1 saturated heterocycles. The minimum atomic E-state index is -0.347. The topological polar surface area (TPSA) is 115 Å². The number of rotatable bonds is 13. The second-order valence-electron chi connectivity index (χ2n) is 10.9. The van der Waals surface area contributed by atoms with E-state index in [1.165, 1.54) is 12.3 Å². The number of anilines is 5. The Morgan fingerprint density at radius 2 is 1.70 bits per heavy atom. The van der Waals surface area contributed by atoms with Gasteiger partial charge in [-0.15, -0.1) is 0 Å². The maximum Gasteiger partial charge on any atom is 0.247 e. The molecule has 234 valence electrons. The van der Waals surface area contributed by atoms with E-state index in [1.54, 1.807) is 32.4 Å². The van der Waals surface area contributed by atoms with Gasteiger partial charge in [-0.3, -0.25) is 9.59 Å². The molecule has 12 nitrogen and oxygen atoms in total. The first-order valence-electron chi connectivity index (χ1n) is 14.4. The first-order valence-corrected chi connectivity index (χ1v) is 14.4. The van der Waals surface area contributed by atoms with Crippen molar-refractivity contribution in [3.8, 4) is 11.5 Å². The molecule has 1 amide bonds. The number of hydrogen-bond donors (Lipinski definition) is 2. The summed E-state index contributed by atoms with van der Waals surface area (Å²) in [6.45, 7) is 8.86. The van der Waals surface area contributed by atoms with Crippen molar-refractivity contribution in [1.29, 1.82) is 0 Å². The zero-order chi connectivity index (χ0) is 31.8. The number of carbonyl (C=O) groups excluding carboxylic acids is 2. The first-order chi connectivity index (χ1) is 21.1. The Labute approximate surface area is 259 Å². The Kier molecular flexibility index (Phi) is 10.7. The standard InChI is InChI=1S/C32H42N8O4/c1-8-30(41)34-25-20-26(29(44-7)21-27(25)39(5)16-13-37(2)3)36-32-33-12-11-24(35-32)31(42)23-10-9-22(19-28(23)43-6)40-17-14-38(4)15-18-40/h8-12,19-21H,1,13-18H2,2-7H3,(H,34,41)(H,33,35,36). The molecule has 0 spiro atoms.